The first-order valence-corrected chi connectivity index (χ1v) is 39.0. The highest BCUT2D eigenvalue weighted by Gasteiger charge is 2.59. The maximum Gasteiger partial charge on any atom is 0.311 e. The van der Waals surface area contributed by atoms with Gasteiger partial charge in [0.2, 0.25) is 30.6 Å². The Morgan fingerprint density at radius 3 is 1.38 bits per heavy atom. The van der Waals surface area contributed by atoms with E-state index in [1.165, 1.54) is 13.8 Å². The quantitative estimate of drug-likeness (QED) is 0.0232. The fourth-order valence-corrected chi connectivity index (χ4v) is 18.4. The van der Waals surface area contributed by atoms with Crippen molar-refractivity contribution in [3.63, 3.8) is 0 Å². The van der Waals surface area contributed by atoms with Crippen LogP contribution in [0.1, 0.15) is 194 Å². The standard InChI is InChI=1S/C43H50N4O8.C37H40N4O7.C6H11ClO/c1-7-8-10-15-35(50)55-43-36-28(18-24(2)39(43)51-6)19-30-32(21-44)47-31(38(36)46(30)5)20-29-37(42-41(52-23-53-42)25(3)40(29)54-26(4)48)33(47)22-45-34(49)17-16-27-13-11-9-12-14-27;1-19-13-23-14-25-27(16-38)41-26(32(40(25)4)30(23)33(44)34(19)45-5)15-24-31(37-36(46-18-47-37)20(2)35(24)48-21(3)42)28(41)17-39-29(43)12-11-22-9-7-6-8-10-22;1-2-3-4-5-6(7)8/h9,11-14,18,30-33,38H,7-8,10,15-17,19-20,22-23H2,1-6H3,(H,45,49);6-10,13,25-28,32,44H,11-12,14-15,17-18H2,1-5H3,(H,39,43);2-5H2,1H3/t30-,31?,32-,33-,38-;25-,26?,27-,28-,32-;/m00./s1. The van der Waals surface area contributed by atoms with Crippen LogP contribution in [0.4, 0.5) is 0 Å². The minimum atomic E-state index is -0.599. The van der Waals surface area contributed by atoms with Crippen LogP contribution in [0.25, 0.3) is 0 Å². The second-order valence-electron chi connectivity index (χ2n) is 30.0. The number of fused-ring (bicyclic) bond motifs is 18. The molecule has 0 saturated carbocycles. The maximum absolute atomic E-state index is 13.5. The predicted molar refractivity (Wildman–Crippen MR) is 414 cm³/mol. The van der Waals surface area contributed by atoms with E-state index in [0.717, 1.165) is 105 Å². The van der Waals surface area contributed by atoms with Crippen molar-refractivity contribution in [3.8, 4) is 69.6 Å². The maximum atomic E-state index is 13.5. The Bertz CT molecular complexity index is 4620. The zero-order chi connectivity index (χ0) is 79.2. The summed E-state index contributed by atoms with van der Waals surface area (Å²) < 4.78 is 54.0. The average molecular weight is 1540 g/mol. The lowest BCUT2D eigenvalue weighted by molar-refractivity contribution is -0.135. The minimum absolute atomic E-state index is 0.00177. The number of carbonyl (C=O) groups is 6. The molecule has 0 aliphatic carbocycles. The number of hydrogen-bond acceptors (Lipinski definition) is 22. The van der Waals surface area contributed by atoms with E-state index in [0.29, 0.717) is 114 Å². The summed E-state index contributed by atoms with van der Waals surface area (Å²) in [5.41, 5.74) is 11.7. The lowest BCUT2D eigenvalue weighted by Gasteiger charge is -2.60. The normalized spacial score (nSPS) is 21.9. The summed E-state index contributed by atoms with van der Waals surface area (Å²) in [6.45, 7) is 14.8. The van der Waals surface area contributed by atoms with Crippen molar-refractivity contribution in [1.82, 2.24) is 30.2 Å². The summed E-state index contributed by atoms with van der Waals surface area (Å²) in [6.07, 6.45) is 10.2. The van der Waals surface area contributed by atoms with Gasteiger partial charge in [-0.25, -0.2) is 0 Å². The van der Waals surface area contributed by atoms with Gasteiger partial charge in [0.15, 0.2) is 46.0 Å². The summed E-state index contributed by atoms with van der Waals surface area (Å²) in [7, 11) is 7.15. The molecule has 0 radical (unpaired) electrons. The molecular weight excluding hydrogens is 1440 g/mol. The van der Waals surface area contributed by atoms with Crippen LogP contribution in [0.3, 0.4) is 0 Å². The van der Waals surface area contributed by atoms with Crippen LogP contribution in [0.5, 0.6) is 57.5 Å². The Morgan fingerprint density at radius 2 is 0.955 bits per heavy atom. The number of aryl methyl sites for hydroxylation is 4. The third-order valence-electron chi connectivity index (χ3n) is 23.1. The van der Waals surface area contributed by atoms with Gasteiger partial charge in [-0.05, 0) is 138 Å². The van der Waals surface area contributed by atoms with E-state index in [9.17, 15) is 44.4 Å². The second kappa shape index (κ2) is 35.2. The second-order valence-corrected chi connectivity index (χ2v) is 30.4. The number of nitriles is 2. The molecule has 24 nitrogen and oxygen atoms in total. The molecule has 111 heavy (non-hydrogen) atoms. The zero-order valence-electron chi connectivity index (χ0n) is 65.5. The van der Waals surface area contributed by atoms with Gasteiger partial charge < -0.3 is 58.4 Å². The summed E-state index contributed by atoms with van der Waals surface area (Å²) >= 11 is 5.07. The first-order valence-electron chi connectivity index (χ1n) is 38.6. The van der Waals surface area contributed by atoms with E-state index >= 15 is 0 Å². The smallest absolute Gasteiger partial charge is 0.311 e. The molecule has 0 aromatic heterocycles. The third kappa shape index (κ3) is 16.1. The van der Waals surface area contributed by atoms with E-state index in [2.05, 4.69) is 68.4 Å². The van der Waals surface area contributed by atoms with Crippen molar-refractivity contribution in [3.05, 3.63) is 151 Å². The molecule has 2 unspecified atom stereocenters. The van der Waals surface area contributed by atoms with Crippen LogP contribution in [0.2, 0.25) is 0 Å². The monoisotopic (exact) mass is 1540 g/mol. The molecule has 4 bridgehead atoms. The summed E-state index contributed by atoms with van der Waals surface area (Å²) in [5.74, 6) is 2.77. The molecule has 3 N–H and O–H groups in total. The highest BCUT2D eigenvalue weighted by atomic mass is 35.5. The van der Waals surface area contributed by atoms with Crippen LogP contribution in [-0.4, -0.2) is 151 Å². The summed E-state index contributed by atoms with van der Waals surface area (Å²) in [4.78, 5) is 84.4. The molecule has 8 aliphatic heterocycles. The number of esters is 3. The van der Waals surface area contributed by atoms with E-state index in [4.69, 9.17) is 54.2 Å². The fraction of sp³-hybridized carbons (Fsp3) is 0.488. The number of aromatic hydroxyl groups is 1. The van der Waals surface area contributed by atoms with Crippen molar-refractivity contribution < 1.29 is 76.5 Å². The number of amides is 2. The highest BCUT2D eigenvalue weighted by Crippen LogP contribution is 2.61. The third-order valence-corrected chi connectivity index (χ3v) is 23.3. The topological polar surface area (TPSA) is 290 Å². The lowest BCUT2D eigenvalue weighted by Crippen LogP contribution is -2.68. The fourth-order valence-electron chi connectivity index (χ4n) is 18.3. The molecule has 0 spiro atoms. The number of piperazine rings is 2. The Hall–Kier alpha value is -9.95. The van der Waals surface area contributed by atoms with Gasteiger partial charge in [-0.2, -0.15) is 10.5 Å². The number of ether oxygens (including phenoxy) is 9. The summed E-state index contributed by atoms with van der Waals surface area (Å²) in [6, 6.07) is 25.0. The van der Waals surface area contributed by atoms with Gasteiger partial charge in [0.25, 0.3) is 0 Å². The molecule has 8 aliphatic rings. The number of methoxy groups -OCH3 is 2. The van der Waals surface area contributed by atoms with Crippen molar-refractivity contribution in [2.45, 2.75) is 219 Å². The van der Waals surface area contributed by atoms with Crippen molar-refractivity contribution in [1.29, 1.82) is 10.5 Å². The zero-order valence-corrected chi connectivity index (χ0v) is 66.2. The number of carbonyl (C=O) groups excluding carboxylic acids is 6. The number of nitrogens with zero attached hydrogens (tertiary/aromatic N) is 6. The molecule has 588 valence electrons. The summed E-state index contributed by atoms with van der Waals surface area (Å²) in [5, 5.41) is 39.8. The van der Waals surface area contributed by atoms with Crippen molar-refractivity contribution in [2.24, 2.45) is 0 Å². The lowest BCUT2D eigenvalue weighted by atomic mass is 9.71. The number of phenols is 1. The van der Waals surface area contributed by atoms with Crippen LogP contribution in [-0.2, 0) is 67.3 Å². The number of nitrogens with one attached hydrogen (secondary N) is 2. The minimum Gasteiger partial charge on any atom is -0.504 e. The van der Waals surface area contributed by atoms with Crippen molar-refractivity contribution >= 4 is 46.6 Å². The highest BCUT2D eigenvalue weighted by molar-refractivity contribution is 6.63. The number of phenolic OH excluding ortho intramolecular Hbond substituents is 1. The first kappa shape index (κ1) is 80.6. The predicted octanol–water partition coefficient (Wildman–Crippen LogP) is 12.5. The van der Waals surface area contributed by atoms with E-state index in [-0.39, 0.29) is 105 Å². The Labute approximate surface area is 654 Å². The molecule has 2 amide bonds. The van der Waals surface area contributed by atoms with Crippen LogP contribution < -0.4 is 53.3 Å². The molecule has 25 heteroatoms. The van der Waals surface area contributed by atoms with Gasteiger partial charge in [0.05, 0.1) is 50.5 Å². The molecule has 2 saturated heterocycles. The molecule has 2 fully saturated rings. The van der Waals surface area contributed by atoms with Crippen LogP contribution >= 0.6 is 11.6 Å². The van der Waals surface area contributed by atoms with Gasteiger partial charge in [-0.15, -0.1) is 0 Å². The Kier molecular flexibility index (Phi) is 25.5. The first-order chi connectivity index (χ1) is 53.5. The number of halogens is 1. The number of rotatable bonds is 23. The van der Waals surface area contributed by atoms with Gasteiger partial charge >= 0.3 is 17.9 Å². The van der Waals surface area contributed by atoms with Gasteiger partial charge in [0, 0.05) is 121 Å². The van der Waals surface area contributed by atoms with E-state index in [1.54, 1.807) is 14.2 Å². The van der Waals surface area contributed by atoms with Crippen LogP contribution in [0.15, 0.2) is 72.8 Å². The van der Waals surface area contributed by atoms with Gasteiger partial charge in [-0.1, -0.05) is 112 Å². The molecule has 14 rings (SSSR count). The Balaban J connectivity index is 0.000000189. The van der Waals surface area contributed by atoms with Crippen molar-refractivity contribution in [2.75, 3.05) is 55.0 Å². The number of unbranched alkanes of at least 4 members (excludes halogenated alkanes) is 4. The van der Waals surface area contributed by atoms with Gasteiger partial charge in [-0.3, -0.25) is 48.4 Å². The average Bonchev–Trinajstić information content (AvgIpc) is 1.44. The van der Waals surface area contributed by atoms with Gasteiger partial charge in [0.1, 0.15) is 23.6 Å². The van der Waals surface area contributed by atoms with E-state index in [1.807, 2.05) is 102 Å². The largest absolute Gasteiger partial charge is 0.504 e. The molecule has 6 aromatic rings. The molecule has 6 aromatic carbocycles. The van der Waals surface area contributed by atoms with E-state index < -0.39 is 36.1 Å². The molecule has 8 heterocycles. The molecule has 10 atom stereocenters. The van der Waals surface area contributed by atoms with Crippen LogP contribution in [0, 0.1) is 50.4 Å². The number of benzene rings is 6. The Morgan fingerprint density at radius 1 is 0.532 bits per heavy atom. The SMILES string of the molecule is CCCCCC(=O)Cl.CCCCCC(=O)Oc1c(OC)c(C)cc2c1[C@@H]1C3Cc4c(OC(C)=O)c(C)c5c(c4[C@H](CNC(=O)CCc4ccccc4)N3[C@@H](C#N)[C@H](C2)N1C)OCO5.COc1c(C)cc2c(c1O)[C@@H]1C3Cc4c(OC(C)=O)c(C)c5c(c4[C@H](CNC(=O)CCc4ccccc4)N3[C@@H](C#N)[C@H](C2)N1C)OCO5. The number of likely N-dealkylation sites (N-methyl/N-ethyl adjacent to an activating group) is 2. The molecular formula is C86H101ClN8O16. The number of hydrogen-bond donors (Lipinski definition) is 3.